The van der Waals surface area contributed by atoms with Gasteiger partial charge in [0.25, 0.3) is 0 Å². The highest BCUT2D eigenvalue weighted by atomic mass is 32.2. The van der Waals surface area contributed by atoms with E-state index in [4.69, 9.17) is 0 Å². The van der Waals surface area contributed by atoms with Crippen LogP contribution in [0.15, 0.2) is 41.3 Å². The largest absolute Gasteiger partial charge is 0.318 e. The Morgan fingerprint density at radius 2 is 1.75 bits per heavy atom. The van der Waals surface area contributed by atoms with Crippen LogP contribution in [-0.4, -0.2) is 18.8 Å². The van der Waals surface area contributed by atoms with E-state index in [9.17, 15) is 8.42 Å². The Hall–Kier alpha value is -1.75. The second-order valence-corrected chi connectivity index (χ2v) is 7.36. The van der Waals surface area contributed by atoms with Crippen LogP contribution in [0.3, 0.4) is 0 Å². The Bertz CT molecular complexity index is 727. The van der Waals surface area contributed by atoms with Crippen molar-refractivity contribution >= 4 is 9.84 Å². The van der Waals surface area contributed by atoms with Crippen molar-refractivity contribution in [3.8, 4) is 0 Å². The zero-order chi connectivity index (χ0) is 14.3. The molecule has 0 bridgehead atoms. The second-order valence-electron chi connectivity index (χ2n) is 5.28. The quantitative estimate of drug-likeness (QED) is 0.925. The fourth-order valence-electron chi connectivity index (χ4n) is 2.75. The van der Waals surface area contributed by atoms with Crippen molar-refractivity contribution in [2.75, 3.05) is 11.2 Å². The Labute approximate surface area is 119 Å². The van der Waals surface area contributed by atoms with Gasteiger partial charge in [-0.15, -0.1) is 0 Å². The van der Waals surface area contributed by atoms with E-state index in [1.165, 1.54) is 0 Å². The third kappa shape index (κ3) is 2.12. The molecule has 2 aromatic rings. The van der Waals surface area contributed by atoms with Crippen molar-refractivity contribution in [2.24, 2.45) is 0 Å². The lowest BCUT2D eigenvalue weighted by Gasteiger charge is -2.28. The molecule has 0 saturated carbocycles. The number of nitrogens with one attached hydrogen (secondary N) is 1. The number of aromatic nitrogens is 1. The molecule has 106 valence electrons. The fraction of sp³-hybridized carbons (Fsp3) is 0.333. The zero-order valence-corrected chi connectivity index (χ0v) is 12.4. The van der Waals surface area contributed by atoms with Crippen LogP contribution in [0.2, 0.25) is 0 Å². The molecule has 2 heterocycles. The van der Waals surface area contributed by atoms with Gasteiger partial charge >= 0.3 is 0 Å². The van der Waals surface area contributed by atoms with Gasteiger partial charge in [0.05, 0.1) is 16.7 Å². The van der Waals surface area contributed by atoms with Crippen LogP contribution >= 0.6 is 0 Å². The molecule has 1 aromatic heterocycles. The summed E-state index contributed by atoms with van der Waals surface area (Å²) in [6.45, 7) is 4.07. The fourth-order valence-corrected chi connectivity index (χ4v) is 4.37. The van der Waals surface area contributed by atoms with E-state index in [-0.39, 0.29) is 11.8 Å². The van der Waals surface area contributed by atoms with Crippen molar-refractivity contribution in [1.82, 2.24) is 4.68 Å². The number of aryl methyl sites for hydroxylation is 2. The van der Waals surface area contributed by atoms with E-state index in [1.807, 2.05) is 42.8 Å². The average Bonchev–Trinajstić information content (AvgIpc) is 2.74. The van der Waals surface area contributed by atoms with Gasteiger partial charge < -0.3 is 5.43 Å². The van der Waals surface area contributed by atoms with Crippen molar-refractivity contribution in [3.63, 3.8) is 0 Å². The molecular formula is C15H18N2O2S. The lowest BCUT2D eigenvalue weighted by molar-refractivity contribution is 0.561. The normalized spacial score (nSPS) is 20.4. The summed E-state index contributed by atoms with van der Waals surface area (Å²) in [4.78, 5) is 0.464. The summed E-state index contributed by atoms with van der Waals surface area (Å²) in [6.07, 6.45) is 0.594. The molecular weight excluding hydrogens is 272 g/mol. The Balaban J connectivity index is 2.01. The highest BCUT2D eigenvalue weighted by Crippen LogP contribution is 2.32. The first-order valence-electron chi connectivity index (χ1n) is 6.72. The average molecular weight is 290 g/mol. The Kier molecular flexibility index (Phi) is 3.09. The Morgan fingerprint density at radius 3 is 2.45 bits per heavy atom. The molecule has 5 heteroatoms. The summed E-state index contributed by atoms with van der Waals surface area (Å²) in [5, 5.41) is 0. The van der Waals surface area contributed by atoms with Crippen LogP contribution in [0.4, 0.5) is 0 Å². The summed E-state index contributed by atoms with van der Waals surface area (Å²) in [5.74, 6) is 0.195. The molecule has 0 aliphatic carbocycles. The standard InChI is InChI=1S/C15H18N2O2S/c1-11-7-8-12(2)17(11)16-14-9-10-20(18,19)15-6-4-3-5-13(14)15/h3-8,14,16H,9-10H2,1-2H3. The molecule has 4 nitrogen and oxygen atoms in total. The van der Waals surface area contributed by atoms with Gasteiger partial charge in [-0.3, -0.25) is 4.68 Å². The van der Waals surface area contributed by atoms with Gasteiger partial charge in [-0.2, -0.15) is 0 Å². The lowest BCUT2D eigenvalue weighted by atomic mass is 10.0. The molecule has 1 N–H and O–H groups in total. The second kappa shape index (κ2) is 4.66. The number of benzene rings is 1. The summed E-state index contributed by atoms with van der Waals surface area (Å²) < 4.78 is 26.3. The molecule has 0 spiro atoms. The maximum absolute atomic E-state index is 12.1. The number of hydrogen-bond donors (Lipinski definition) is 1. The topological polar surface area (TPSA) is 51.1 Å². The van der Waals surface area contributed by atoms with E-state index in [0.29, 0.717) is 11.3 Å². The van der Waals surface area contributed by atoms with Crippen molar-refractivity contribution in [1.29, 1.82) is 0 Å². The minimum atomic E-state index is -3.12. The lowest BCUT2D eigenvalue weighted by Crippen LogP contribution is -2.30. The predicted molar refractivity (Wildman–Crippen MR) is 79.1 cm³/mol. The SMILES string of the molecule is Cc1ccc(C)n1NC1CCS(=O)(=O)c2ccccc21. The molecule has 20 heavy (non-hydrogen) atoms. The highest BCUT2D eigenvalue weighted by molar-refractivity contribution is 7.91. The first-order valence-corrected chi connectivity index (χ1v) is 8.37. The molecule has 3 rings (SSSR count). The van der Waals surface area contributed by atoms with Crippen LogP contribution in [0.5, 0.6) is 0 Å². The summed E-state index contributed by atoms with van der Waals surface area (Å²) in [6, 6.07) is 11.4. The molecule has 1 aromatic carbocycles. The monoisotopic (exact) mass is 290 g/mol. The van der Waals surface area contributed by atoms with Gasteiger partial charge in [-0.25, -0.2) is 8.42 Å². The third-order valence-corrected chi connectivity index (χ3v) is 5.68. The number of fused-ring (bicyclic) bond motifs is 1. The first-order chi connectivity index (χ1) is 9.49. The summed E-state index contributed by atoms with van der Waals surface area (Å²) >= 11 is 0. The van der Waals surface area contributed by atoms with Gasteiger partial charge in [-0.05, 0) is 44.0 Å². The van der Waals surface area contributed by atoms with Gasteiger partial charge in [0.1, 0.15) is 0 Å². The number of nitrogens with zero attached hydrogens (tertiary/aromatic N) is 1. The molecule has 1 atom stereocenters. The van der Waals surface area contributed by atoms with Crippen LogP contribution in [0.25, 0.3) is 0 Å². The van der Waals surface area contributed by atoms with Crippen LogP contribution in [0, 0.1) is 13.8 Å². The van der Waals surface area contributed by atoms with E-state index in [0.717, 1.165) is 17.0 Å². The summed E-state index contributed by atoms with van der Waals surface area (Å²) in [7, 11) is -3.12. The highest BCUT2D eigenvalue weighted by Gasteiger charge is 2.30. The van der Waals surface area contributed by atoms with Crippen LogP contribution in [0.1, 0.15) is 29.4 Å². The number of rotatable bonds is 2. The van der Waals surface area contributed by atoms with Crippen LogP contribution < -0.4 is 5.43 Å². The van der Waals surface area contributed by atoms with Crippen molar-refractivity contribution in [2.45, 2.75) is 31.2 Å². The minimum absolute atomic E-state index is 0.0273. The maximum Gasteiger partial charge on any atom is 0.178 e. The molecule has 1 aliphatic heterocycles. The van der Waals surface area contributed by atoms with E-state index in [1.54, 1.807) is 12.1 Å². The molecule has 1 aliphatic rings. The van der Waals surface area contributed by atoms with Gasteiger partial charge in [0.15, 0.2) is 9.84 Å². The zero-order valence-electron chi connectivity index (χ0n) is 11.6. The maximum atomic E-state index is 12.1. The molecule has 1 unspecified atom stereocenters. The van der Waals surface area contributed by atoms with Crippen LogP contribution in [-0.2, 0) is 9.84 Å². The number of hydrogen-bond acceptors (Lipinski definition) is 3. The van der Waals surface area contributed by atoms with Crippen molar-refractivity contribution < 1.29 is 8.42 Å². The van der Waals surface area contributed by atoms with Gasteiger partial charge in [0.2, 0.25) is 0 Å². The first kappa shape index (κ1) is 13.2. The van der Waals surface area contributed by atoms with Gasteiger partial charge in [0, 0.05) is 11.4 Å². The molecule has 0 fully saturated rings. The van der Waals surface area contributed by atoms with Gasteiger partial charge in [-0.1, -0.05) is 18.2 Å². The molecule has 0 radical (unpaired) electrons. The Morgan fingerprint density at radius 1 is 1.10 bits per heavy atom. The molecule has 0 amide bonds. The van der Waals surface area contributed by atoms with E-state index < -0.39 is 9.84 Å². The minimum Gasteiger partial charge on any atom is -0.318 e. The smallest absolute Gasteiger partial charge is 0.178 e. The number of sulfone groups is 1. The van der Waals surface area contributed by atoms with E-state index >= 15 is 0 Å². The predicted octanol–water partition coefficient (Wildman–Crippen LogP) is 2.57. The third-order valence-electron chi connectivity index (χ3n) is 3.86. The van der Waals surface area contributed by atoms with Crippen molar-refractivity contribution in [3.05, 3.63) is 53.3 Å². The summed E-state index contributed by atoms with van der Waals surface area (Å²) in [5.41, 5.74) is 6.55. The van der Waals surface area contributed by atoms with E-state index in [2.05, 4.69) is 5.43 Å². The molecule has 0 saturated heterocycles.